The lowest BCUT2D eigenvalue weighted by Gasteiger charge is -2.22. The van der Waals surface area contributed by atoms with E-state index in [-0.39, 0.29) is 30.2 Å². The van der Waals surface area contributed by atoms with Gasteiger partial charge in [-0.3, -0.25) is 14.4 Å². The molecule has 0 atom stereocenters. The molecule has 3 aliphatic rings. The highest BCUT2D eigenvalue weighted by Gasteiger charge is 2.34. The second-order valence-electron chi connectivity index (χ2n) is 4.06. The maximum absolute atomic E-state index is 11.8. The Morgan fingerprint density at radius 3 is 2.62 bits per heavy atom. The summed E-state index contributed by atoms with van der Waals surface area (Å²) < 4.78 is 0. The summed E-state index contributed by atoms with van der Waals surface area (Å²) in [6, 6.07) is 0. The smallest absolute Gasteiger partial charge is 0.171 e. The van der Waals surface area contributed by atoms with Crippen molar-refractivity contribution in [1.29, 1.82) is 0 Å². The van der Waals surface area contributed by atoms with Gasteiger partial charge in [0.25, 0.3) is 0 Å². The summed E-state index contributed by atoms with van der Waals surface area (Å²) in [6.45, 7) is 0. The molecular formula is C13H8O3. The minimum Gasteiger partial charge on any atom is -0.294 e. The number of allylic oxidation sites excluding steroid dienone is 8. The van der Waals surface area contributed by atoms with E-state index in [1.165, 1.54) is 6.08 Å². The fraction of sp³-hybridized carbons (Fsp3) is 0.154. The predicted octanol–water partition coefficient (Wildman–Crippen LogP) is 1.22. The van der Waals surface area contributed by atoms with E-state index in [2.05, 4.69) is 0 Å². The molecule has 0 heterocycles. The largest absolute Gasteiger partial charge is 0.294 e. The lowest BCUT2D eigenvalue weighted by atomic mass is 9.78. The third-order valence-corrected chi connectivity index (χ3v) is 3.01. The second-order valence-corrected chi connectivity index (χ2v) is 4.06. The van der Waals surface area contributed by atoms with Crippen LogP contribution >= 0.6 is 0 Å². The van der Waals surface area contributed by atoms with Crippen molar-refractivity contribution in [2.45, 2.75) is 12.8 Å². The van der Waals surface area contributed by atoms with Crippen LogP contribution < -0.4 is 0 Å². The number of Topliss-reactive ketones (excluding diaryl/α,β-unsaturated/α-hetero) is 2. The van der Waals surface area contributed by atoms with Crippen LogP contribution in [0.1, 0.15) is 12.8 Å². The Morgan fingerprint density at radius 2 is 1.81 bits per heavy atom. The Kier molecular flexibility index (Phi) is 1.72. The Hall–Kier alpha value is -2.03. The van der Waals surface area contributed by atoms with Crippen LogP contribution in [-0.4, -0.2) is 17.3 Å². The number of carbonyl (C=O) groups is 3. The zero-order valence-electron chi connectivity index (χ0n) is 8.45. The zero-order chi connectivity index (χ0) is 11.3. The summed E-state index contributed by atoms with van der Waals surface area (Å²) in [4.78, 5) is 34.8. The molecule has 0 spiro atoms. The summed E-state index contributed by atoms with van der Waals surface area (Å²) in [5.41, 5.74) is 2.46. The topological polar surface area (TPSA) is 51.2 Å². The molecule has 0 fully saturated rings. The van der Waals surface area contributed by atoms with Crippen LogP contribution in [-0.2, 0) is 14.4 Å². The van der Waals surface area contributed by atoms with E-state index in [4.69, 9.17) is 0 Å². The van der Waals surface area contributed by atoms with Crippen molar-refractivity contribution in [3.8, 4) is 0 Å². The van der Waals surface area contributed by atoms with E-state index in [0.717, 1.165) is 0 Å². The normalized spacial score (nSPS) is 23.1. The van der Waals surface area contributed by atoms with E-state index >= 15 is 0 Å². The van der Waals surface area contributed by atoms with Gasteiger partial charge in [0, 0.05) is 17.6 Å². The Morgan fingerprint density at radius 1 is 1.00 bits per heavy atom. The highest BCUT2D eigenvalue weighted by atomic mass is 16.2. The van der Waals surface area contributed by atoms with Gasteiger partial charge in [0.05, 0.1) is 6.42 Å². The van der Waals surface area contributed by atoms with E-state index in [0.29, 0.717) is 22.3 Å². The van der Waals surface area contributed by atoms with Crippen molar-refractivity contribution >= 4 is 17.3 Å². The van der Waals surface area contributed by atoms with E-state index < -0.39 is 0 Å². The third-order valence-electron chi connectivity index (χ3n) is 3.01. The van der Waals surface area contributed by atoms with Gasteiger partial charge in [-0.15, -0.1) is 0 Å². The molecule has 0 bridgehead atoms. The number of rotatable bonds is 0. The maximum Gasteiger partial charge on any atom is 0.171 e. The number of carbonyl (C=O) groups excluding carboxylic acids is 3. The third kappa shape index (κ3) is 1.11. The van der Waals surface area contributed by atoms with E-state index in [1.54, 1.807) is 18.2 Å². The van der Waals surface area contributed by atoms with Crippen LogP contribution in [0.4, 0.5) is 0 Å². The Labute approximate surface area is 91.8 Å². The Bertz CT molecular complexity index is 568. The molecule has 3 rings (SSSR count). The quantitative estimate of drug-likeness (QED) is 0.567. The summed E-state index contributed by atoms with van der Waals surface area (Å²) in [5.74, 6) is -0.383. The summed E-state index contributed by atoms with van der Waals surface area (Å²) in [5, 5.41) is 0. The molecule has 0 saturated carbocycles. The number of ketones is 3. The van der Waals surface area contributed by atoms with Crippen LogP contribution in [0.5, 0.6) is 0 Å². The molecule has 3 aliphatic carbocycles. The maximum atomic E-state index is 11.8. The Balaban J connectivity index is 2.29. The molecule has 0 amide bonds. The molecule has 0 unspecified atom stereocenters. The molecule has 0 aromatic rings. The van der Waals surface area contributed by atoms with Crippen LogP contribution in [0.25, 0.3) is 0 Å². The molecule has 78 valence electrons. The van der Waals surface area contributed by atoms with Crippen molar-refractivity contribution in [2.24, 2.45) is 0 Å². The van der Waals surface area contributed by atoms with Crippen LogP contribution in [0.15, 0.2) is 46.6 Å². The van der Waals surface area contributed by atoms with E-state index in [1.807, 2.05) is 0 Å². The number of hydrogen-bond donors (Lipinski definition) is 0. The first kappa shape index (κ1) is 9.21. The molecule has 0 aromatic carbocycles. The molecule has 0 aromatic heterocycles. The number of fused-ring (bicyclic) bond motifs is 2. The van der Waals surface area contributed by atoms with Crippen LogP contribution in [0.2, 0.25) is 0 Å². The van der Waals surface area contributed by atoms with Gasteiger partial charge in [-0.05, 0) is 17.2 Å². The minimum absolute atomic E-state index is 0.0162. The zero-order valence-corrected chi connectivity index (χ0v) is 8.45. The van der Waals surface area contributed by atoms with Gasteiger partial charge in [0.1, 0.15) is 0 Å². The standard InChI is InChI=1S/C13H8O3/c14-8-4-7-5-11(15)9-2-1-3-10(9)13(7)12(16)6-8/h1-4H,5-6H2. The molecule has 0 saturated heterocycles. The number of hydrogen-bond acceptors (Lipinski definition) is 3. The molecule has 3 heteroatoms. The van der Waals surface area contributed by atoms with Crippen molar-refractivity contribution in [3.63, 3.8) is 0 Å². The highest BCUT2D eigenvalue weighted by Crippen LogP contribution is 2.37. The predicted molar refractivity (Wildman–Crippen MR) is 56.6 cm³/mol. The van der Waals surface area contributed by atoms with Crippen molar-refractivity contribution in [3.05, 3.63) is 46.6 Å². The van der Waals surface area contributed by atoms with Crippen molar-refractivity contribution in [1.82, 2.24) is 0 Å². The van der Waals surface area contributed by atoms with Crippen LogP contribution in [0.3, 0.4) is 0 Å². The van der Waals surface area contributed by atoms with Gasteiger partial charge in [0.15, 0.2) is 17.3 Å². The van der Waals surface area contributed by atoms with Crippen LogP contribution in [0, 0.1) is 0 Å². The SMILES string of the molecule is O=C1C=C2CC(=O)C3=CC=CC3=C2C(=O)C1. The van der Waals surface area contributed by atoms with Crippen molar-refractivity contribution < 1.29 is 14.4 Å². The van der Waals surface area contributed by atoms with Crippen molar-refractivity contribution in [2.75, 3.05) is 0 Å². The average Bonchev–Trinajstić information content (AvgIpc) is 2.65. The molecule has 3 nitrogen and oxygen atoms in total. The van der Waals surface area contributed by atoms with Gasteiger partial charge in [-0.25, -0.2) is 0 Å². The molecule has 0 N–H and O–H groups in total. The van der Waals surface area contributed by atoms with Gasteiger partial charge >= 0.3 is 0 Å². The second kappa shape index (κ2) is 2.98. The van der Waals surface area contributed by atoms with Gasteiger partial charge in [-0.2, -0.15) is 0 Å². The summed E-state index contributed by atoms with van der Waals surface area (Å²) >= 11 is 0. The fourth-order valence-corrected chi connectivity index (χ4v) is 2.36. The first-order chi connectivity index (χ1) is 7.66. The summed E-state index contributed by atoms with van der Waals surface area (Å²) in [7, 11) is 0. The molecule has 0 radical (unpaired) electrons. The monoisotopic (exact) mass is 212 g/mol. The first-order valence-electron chi connectivity index (χ1n) is 5.10. The average molecular weight is 212 g/mol. The molecule has 16 heavy (non-hydrogen) atoms. The van der Waals surface area contributed by atoms with Gasteiger partial charge in [-0.1, -0.05) is 18.2 Å². The highest BCUT2D eigenvalue weighted by molar-refractivity contribution is 6.22. The lowest BCUT2D eigenvalue weighted by molar-refractivity contribution is -0.123. The van der Waals surface area contributed by atoms with E-state index in [9.17, 15) is 14.4 Å². The lowest BCUT2D eigenvalue weighted by Crippen LogP contribution is -2.24. The van der Waals surface area contributed by atoms with Gasteiger partial charge in [0.2, 0.25) is 0 Å². The van der Waals surface area contributed by atoms with Gasteiger partial charge < -0.3 is 0 Å². The molecule has 0 aliphatic heterocycles. The molecular weight excluding hydrogens is 204 g/mol. The fourth-order valence-electron chi connectivity index (χ4n) is 2.36. The minimum atomic E-state index is -0.202. The summed E-state index contributed by atoms with van der Waals surface area (Å²) in [6.07, 6.45) is 6.79. The first-order valence-corrected chi connectivity index (χ1v) is 5.10.